The van der Waals surface area contributed by atoms with Gasteiger partial charge in [0, 0.05) is 12.6 Å². The zero-order valence-electron chi connectivity index (χ0n) is 18.3. The highest BCUT2D eigenvalue weighted by Gasteiger charge is 2.50. The second-order valence-corrected chi connectivity index (χ2v) is 11.3. The maximum Gasteiger partial charge on any atom is 0.416 e. The predicted octanol–water partition coefficient (Wildman–Crippen LogP) is 4.43. The van der Waals surface area contributed by atoms with E-state index < -0.39 is 43.4 Å². The number of nitrogens with zero attached hydrogens (tertiary/aromatic N) is 1. The molecule has 2 N–H and O–H groups in total. The van der Waals surface area contributed by atoms with Crippen molar-refractivity contribution in [2.75, 3.05) is 6.54 Å². The highest BCUT2D eigenvalue weighted by atomic mass is 32.2. The Morgan fingerprint density at radius 3 is 2.26 bits per heavy atom. The molecule has 184 valence electrons. The molecular formula is C24H26F4N2O3S. The summed E-state index contributed by atoms with van der Waals surface area (Å²) in [4.78, 5) is 13.4. The van der Waals surface area contributed by atoms with Crippen molar-refractivity contribution in [2.45, 2.75) is 66.2 Å². The van der Waals surface area contributed by atoms with Crippen LogP contribution in [0.4, 0.5) is 17.6 Å². The number of hydrogen-bond donors (Lipinski definition) is 1. The summed E-state index contributed by atoms with van der Waals surface area (Å²) in [6.45, 7) is 0.544. The molecule has 1 saturated carbocycles. The lowest BCUT2D eigenvalue weighted by Gasteiger charge is -2.39. The normalized spacial score (nSPS) is 28.6. The molecule has 0 bridgehead atoms. The maximum absolute atomic E-state index is 15.7. The van der Waals surface area contributed by atoms with E-state index in [0.29, 0.717) is 19.0 Å². The first-order valence-electron chi connectivity index (χ1n) is 11.1. The molecule has 5 nitrogen and oxygen atoms in total. The topological polar surface area (TPSA) is 80.5 Å². The molecule has 1 saturated heterocycles. The van der Waals surface area contributed by atoms with Crippen LogP contribution in [0.25, 0.3) is 0 Å². The summed E-state index contributed by atoms with van der Waals surface area (Å²) in [7, 11) is -4.65. The van der Waals surface area contributed by atoms with Crippen LogP contribution < -0.4 is 5.73 Å². The molecule has 2 aliphatic rings. The molecule has 2 aromatic carbocycles. The quantitative estimate of drug-likeness (QED) is 0.619. The third-order valence-corrected chi connectivity index (χ3v) is 9.31. The van der Waals surface area contributed by atoms with Crippen molar-refractivity contribution in [1.82, 2.24) is 4.90 Å². The Morgan fingerprint density at radius 2 is 1.68 bits per heavy atom. The molecule has 1 aliphatic carbocycles. The molecule has 0 radical (unpaired) electrons. The summed E-state index contributed by atoms with van der Waals surface area (Å²) in [5, 5.41) is -2.67. The van der Waals surface area contributed by atoms with Crippen LogP contribution in [0.5, 0.6) is 0 Å². The largest absolute Gasteiger partial charge is 0.416 e. The number of carbonyl (C=O) groups excluding carboxylic acids is 1. The van der Waals surface area contributed by atoms with Crippen LogP contribution in [0.3, 0.4) is 0 Å². The van der Waals surface area contributed by atoms with Crippen molar-refractivity contribution >= 4 is 15.7 Å². The van der Waals surface area contributed by atoms with Crippen molar-refractivity contribution in [3.63, 3.8) is 0 Å². The molecular weight excluding hydrogens is 472 g/mol. The van der Waals surface area contributed by atoms with Gasteiger partial charge in [0.15, 0.2) is 0 Å². The van der Waals surface area contributed by atoms with Crippen LogP contribution in [0.15, 0.2) is 59.5 Å². The van der Waals surface area contributed by atoms with E-state index in [9.17, 15) is 26.4 Å². The fraction of sp³-hybridized carbons (Fsp3) is 0.458. The van der Waals surface area contributed by atoms with Crippen LogP contribution in [0, 0.1) is 0 Å². The van der Waals surface area contributed by atoms with Crippen LogP contribution >= 0.6 is 0 Å². The van der Waals surface area contributed by atoms with Gasteiger partial charge in [0.2, 0.25) is 20.7 Å². The summed E-state index contributed by atoms with van der Waals surface area (Å²) in [6.07, 6.45) is -4.64. The number of benzene rings is 2. The molecule has 1 aliphatic heterocycles. The van der Waals surface area contributed by atoms with Crippen molar-refractivity contribution < 1.29 is 30.8 Å². The lowest BCUT2D eigenvalue weighted by Crippen LogP contribution is -2.50. The van der Waals surface area contributed by atoms with Crippen molar-refractivity contribution in [2.24, 2.45) is 5.73 Å². The number of nitrogens with two attached hydrogens (primary N) is 1. The first-order chi connectivity index (χ1) is 15.9. The summed E-state index contributed by atoms with van der Waals surface area (Å²) in [5.41, 5.74) is 5.57. The molecule has 1 amide bonds. The second-order valence-electron chi connectivity index (χ2n) is 9.10. The molecule has 2 fully saturated rings. The molecule has 10 heteroatoms. The number of carbonyl (C=O) groups is 1. The van der Waals surface area contributed by atoms with Gasteiger partial charge >= 0.3 is 6.18 Å². The molecule has 0 aromatic heterocycles. The van der Waals surface area contributed by atoms with Crippen molar-refractivity contribution in [3.8, 4) is 0 Å². The zero-order valence-corrected chi connectivity index (χ0v) is 19.2. The number of sulfone groups is 1. The van der Waals surface area contributed by atoms with E-state index in [2.05, 4.69) is 0 Å². The Kier molecular flexibility index (Phi) is 6.50. The Morgan fingerprint density at radius 1 is 1.03 bits per heavy atom. The van der Waals surface area contributed by atoms with E-state index in [4.69, 9.17) is 5.73 Å². The van der Waals surface area contributed by atoms with Gasteiger partial charge in [-0.3, -0.25) is 9.69 Å². The number of likely N-dealkylation sites (tertiary alicyclic amines) is 1. The first-order valence-corrected chi connectivity index (χ1v) is 12.6. The molecule has 0 spiro atoms. The lowest BCUT2D eigenvalue weighted by molar-refractivity contribution is -0.137. The van der Waals surface area contributed by atoms with Crippen molar-refractivity contribution in [3.05, 3.63) is 65.7 Å². The van der Waals surface area contributed by atoms with E-state index in [-0.39, 0.29) is 37.6 Å². The summed E-state index contributed by atoms with van der Waals surface area (Å²) in [6, 6.07) is 12.1. The van der Waals surface area contributed by atoms with Gasteiger partial charge in [-0.15, -0.1) is 0 Å². The van der Waals surface area contributed by atoms with Crippen LogP contribution in [-0.2, 0) is 20.8 Å². The Hall–Kier alpha value is -2.46. The summed E-state index contributed by atoms with van der Waals surface area (Å²) >= 11 is 0. The number of primary amides is 1. The van der Waals surface area contributed by atoms with Gasteiger partial charge < -0.3 is 5.73 Å². The third kappa shape index (κ3) is 4.57. The number of alkyl halides is 4. The first kappa shape index (κ1) is 24.7. The molecule has 2 aromatic rings. The van der Waals surface area contributed by atoms with Crippen LogP contribution in [0.2, 0.25) is 0 Å². The Labute approximate surface area is 195 Å². The van der Waals surface area contributed by atoms with Gasteiger partial charge in [-0.05, 0) is 61.8 Å². The SMILES string of the molecule is NC(=O)[C@@H]1C[C@@H](c2ccccc2)CN1C1CCC(F)(S(=O)(=O)c2cccc(C(F)(F)F)c2)CC1. The summed E-state index contributed by atoms with van der Waals surface area (Å²) in [5.74, 6) is -0.406. The minimum atomic E-state index is -4.73. The van der Waals surface area contributed by atoms with Gasteiger partial charge in [-0.1, -0.05) is 36.4 Å². The van der Waals surface area contributed by atoms with E-state index in [1.165, 1.54) is 0 Å². The Balaban J connectivity index is 1.51. The zero-order chi connectivity index (χ0) is 24.7. The smallest absolute Gasteiger partial charge is 0.368 e. The fourth-order valence-corrected chi connectivity index (χ4v) is 6.93. The van der Waals surface area contributed by atoms with E-state index in [1.807, 2.05) is 35.2 Å². The standard InChI is InChI=1S/C24H26F4N2O3S/c25-23(34(32,33)20-8-4-7-18(14-20)24(26,27)28)11-9-19(10-12-23)30-15-17(13-21(30)22(29)31)16-5-2-1-3-6-16/h1-8,14,17,19,21H,9-13,15H2,(H2,29,31)/t17-,19?,21+,23?/m1/s1. The number of hydrogen-bond acceptors (Lipinski definition) is 4. The maximum atomic E-state index is 15.7. The molecule has 4 rings (SSSR count). The second kappa shape index (κ2) is 8.96. The minimum absolute atomic E-state index is 0.0737. The molecule has 34 heavy (non-hydrogen) atoms. The average Bonchev–Trinajstić information content (AvgIpc) is 3.25. The predicted molar refractivity (Wildman–Crippen MR) is 118 cm³/mol. The van der Waals surface area contributed by atoms with Gasteiger partial charge in [-0.25, -0.2) is 12.8 Å². The summed E-state index contributed by atoms with van der Waals surface area (Å²) < 4.78 is 80.9. The van der Waals surface area contributed by atoms with Gasteiger partial charge in [-0.2, -0.15) is 13.2 Å². The van der Waals surface area contributed by atoms with Crippen molar-refractivity contribution in [1.29, 1.82) is 0 Å². The molecule has 2 atom stereocenters. The minimum Gasteiger partial charge on any atom is -0.368 e. The van der Waals surface area contributed by atoms with Gasteiger partial charge in [0.05, 0.1) is 16.5 Å². The monoisotopic (exact) mass is 498 g/mol. The number of amides is 1. The fourth-order valence-electron chi connectivity index (χ4n) is 5.20. The third-order valence-electron chi connectivity index (χ3n) is 7.06. The van der Waals surface area contributed by atoms with E-state index in [1.54, 1.807) is 0 Å². The average molecular weight is 499 g/mol. The van der Waals surface area contributed by atoms with Gasteiger partial charge in [0.1, 0.15) is 0 Å². The highest BCUT2D eigenvalue weighted by molar-refractivity contribution is 7.92. The van der Waals surface area contributed by atoms with Gasteiger partial charge in [0.25, 0.3) is 0 Å². The number of rotatable bonds is 5. The van der Waals surface area contributed by atoms with Crippen LogP contribution in [-0.4, -0.2) is 42.9 Å². The Bertz CT molecular complexity index is 1150. The highest BCUT2D eigenvalue weighted by Crippen LogP contribution is 2.44. The molecule has 0 unspecified atom stereocenters. The van der Waals surface area contributed by atoms with E-state index in [0.717, 1.165) is 23.8 Å². The number of halogens is 4. The lowest BCUT2D eigenvalue weighted by atomic mass is 9.91. The van der Waals surface area contributed by atoms with E-state index >= 15 is 4.39 Å². The van der Waals surface area contributed by atoms with Crippen LogP contribution in [0.1, 0.15) is 49.1 Å². The molecule has 1 heterocycles.